The second-order valence-corrected chi connectivity index (χ2v) is 13.4. The van der Waals surface area contributed by atoms with E-state index in [0.29, 0.717) is 0 Å². The molecule has 0 aromatic heterocycles. The second kappa shape index (κ2) is 11.9. The van der Waals surface area contributed by atoms with Gasteiger partial charge >= 0.3 is 0 Å². The van der Waals surface area contributed by atoms with E-state index in [1.165, 1.54) is 75.2 Å². The second-order valence-electron chi connectivity index (χ2n) is 11.2. The van der Waals surface area contributed by atoms with Crippen LogP contribution in [-0.4, -0.2) is 0 Å². The van der Waals surface area contributed by atoms with Gasteiger partial charge in [-0.05, 0) is 97.7 Å². The van der Waals surface area contributed by atoms with Crippen LogP contribution < -0.4 is 0 Å². The fourth-order valence-corrected chi connectivity index (χ4v) is 8.57. The molecule has 2 aliphatic rings. The van der Waals surface area contributed by atoms with E-state index in [4.69, 9.17) is 0 Å². The maximum absolute atomic E-state index is 2.42. The van der Waals surface area contributed by atoms with Gasteiger partial charge in [-0.15, -0.1) is 0 Å². The van der Waals surface area contributed by atoms with Gasteiger partial charge in [0.05, 0.1) is 0 Å². The summed E-state index contributed by atoms with van der Waals surface area (Å²) in [5.41, 5.74) is 12.7. The van der Waals surface area contributed by atoms with Crippen molar-refractivity contribution in [2.24, 2.45) is 0 Å². The van der Waals surface area contributed by atoms with Gasteiger partial charge < -0.3 is 0 Å². The van der Waals surface area contributed by atoms with Crippen molar-refractivity contribution in [2.45, 2.75) is 27.5 Å². The van der Waals surface area contributed by atoms with Crippen LogP contribution in [0, 0.1) is 0 Å². The Kier molecular flexibility index (Phi) is 7.31. The lowest BCUT2D eigenvalue weighted by atomic mass is 9.96. The molecule has 44 heavy (non-hydrogen) atoms. The molecule has 0 bridgehead atoms. The van der Waals surface area contributed by atoms with Gasteiger partial charge in [-0.25, -0.2) is 0 Å². The highest BCUT2D eigenvalue weighted by molar-refractivity contribution is 8.03. The van der Waals surface area contributed by atoms with Crippen LogP contribution in [-0.2, 0) is 0 Å². The van der Waals surface area contributed by atoms with E-state index >= 15 is 0 Å². The van der Waals surface area contributed by atoms with Gasteiger partial charge in [0.1, 0.15) is 0 Å². The molecule has 0 spiro atoms. The van der Waals surface area contributed by atoms with Crippen molar-refractivity contribution in [1.82, 2.24) is 0 Å². The summed E-state index contributed by atoms with van der Waals surface area (Å²) in [7, 11) is 0. The van der Waals surface area contributed by atoms with Crippen LogP contribution in [0.1, 0.15) is 18.4 Å². The number of hydrogen-bond donors (Lipinski definition) is 0. The van der Waals surface area contributed by atoms with Crippen molar-refractivity contribution >= 4 is 29.1 Å². The fraction of sp³-hybridized carbons (Fsp3) is 0.0476. The molecule has 0 radical (unpaired) electrons. The molecule has 1 aliphatic heterocycles. The Balaban J connectivity index is 1.32. The Morgan fingerprint density at radius 2 is 0.932 bits per heavy atom. The minimum Gasteiger partial charge on any atom is -0.0932 e. The summed E-state index contributed by atoms with van der Waals surface area (Å²) in [5.74, 6) is 0. The summed E-state index contributed by atoms with van der Waals surface area (Å²) < 4.78 is 0. The van der Waals surface area contributed by atoms with Crippen LogP contribution >= 0.6 is 23.5 Å². The van der Waals surface area contributed by atoms with Crippen LogP contribution in [0.15, 0.2) is 177 Å². The minimum absolute atomic E-state index is 1.06. The Labute approximate surface area is 268 Å². The van der Waals surface area contributed by atoms with Crippen LogP contribution in [0.25, 0.3) is 50.1 Å². The molecule has 0 nitrogen and oxygen atoms in total. The third-order valence-corrected chi connectivity index (χ3v) is 10.8. The fourth-order valence-electron chi connectivity index (χ4n) is 6.18. The quantitative estimate of drug-likeness (QED) is 0.199. The molecule has 0 saturated heterocycles. The lowest BCUT2D eigenvalue weighted by Gasteiger charge is -2.23. The van der Waals surface area contributed by atoms with E-state index in [1.807, 2.05) is 23.5 Å². The summed E-state index contributed by atoms with van der Waals surface area (Å²) in [4.78, 5) is 5.34. The number of benzene rings is 6. The molecular formula is C42H30S2. The first-order valence-corrected chi connectivity index (χ1v) is 16.8. The Morgan fingerprint density at radius 1 is 0.386 bits per heavy atom. The van der Waals surface area contributed by atoms with E-state index in [9.17, 15) is 0 Å². The summed E-state index contributed by atoms with van der Waals surface area (Å²) >= 11 is 3.84. The summed E-state index contributed by atoms with van der Waals surface area (Å²) in [5, 5.41) is 0. The number of rotatable bonds is 3. The highest BCUT2D eigenvalue weighted by Gasteiger charge is 2.22. The predicted molar refractivity (Wildman–Crippen MR) is 190 cm³/mol. The standard InChI is InChI=1S/C42H30S2/c1-3-12-29(13-4-1)31-16-11-17-32(26-31)34-23-25-38-37-24-22-33(30-14-5-2-6-15-30)27-41(37)43-39-20-9-7-18-35(39)36-19-8-10-21-40(36)44-42(38)28-34/h1-9,11-20,22-28H,10,21H2. The molecule has 0 saturated carbocycles. The first-order chi connectivity index (χ1) is 21.8. The monoisotopic (exact) mass is 598 g/mol. The Hall–Kier alpha value is -4.50. The predicted octanol–water partition coefficient (Wildman–Crippen LogP) is 12.7. The van der Waals surface area contributed by atoms with E-state index in [0.717, 1.165) is 12.8 Å². The number of hydrogen-bond acceptors (Lipinski definition) is 2. The average Bonchev–Trinajstić information content (AvgIpc) is 3.10. The van der Waals surface area contributed by atoms with Crippen LogP contribution in [0.5, 0.6) is 0 Å². The zero-order valence-electron chi connectivity index (χ0n) is 24.2. The smallest absolute Gasteiger partial charge is 0.0207 e. The van der Waals surface area contributed by atoms with Crippen molar-refractivity contribution < 1.29 is 0 Å². The third kappa shape index (κ3) is 5.26. The zero-order chi connectivity index (χ0) is 29.3. The Bertz CT molecular complexity index is 2050. The molecule has 1 heterocycles. The summed E-state index contributed by atoms with van der Waals surface area (Å²) in [6.45, 7) is 0. The van der Waals surface area contributed by atoms with Gasteiger partial charge in [-0.3, -0.25) is 0 Å². The molecule has 6 aromatic rings. The molecule has 1 aliphatic carbocycles. The minimum atomic E-state index is 1.06. The highest BCUT2D eigenvalue weighted by atomic mass is 32.2. The molecule has 2 heteroatoms. The van der Waals surface area contributed by atoms with E-state index in [1.54, 1.807) is 0 Å². The first kappa shape index (κ1) is 27.1. The van der Waals surface area contributed by atoms with Gasteiger partial charge in [0.2, 0.25) is 0 Å². The van der Waals surface area contributed by atoms with Crippen LogP contribution in [0.4, 0.5) is 0 Å². The van der Waals surface area contributed by atoms with Crippen molar-refractivity contribution in [3.8, 4) is 44.5 Å². The van der Waals surface area contributed by atoms with E-state index < -0.39 is 0 Å². The maximum atomic E-state index is 2.42. The van der Waals surface area contributed by atoms with Gasteiger partial charge in [0.15, 0.2) is 0 Å². The molecule has 0 fully saturated rings. The number of fused-ring (bicyclic) bond motifs is 5. The third-order valence-electron chi connectivity index (χ3n) is 8.42. The topological polar surface area (TPSA) is 0 Å². The SMILES string of the molecule is C1=CC2=C(CC1)Sc1cc(-c3cccc(-c4ccccc4)c3)ccc1-c1ccc(-c3ccccc3)cc1Sc1ccccc12. The molecule has 8 rings (SSSR count). The molecule has 0 unspecified atom stereocenters. The average molecular weight is 599 g/mol. The Morgan fingerprint density at radius 3 is 1.64 bits per heavy atom. The van der Waals surface area contributed by atoms with E-state index in [2.05, 4.69) is 158 Å². The lowest BCUT2D eigenvalue weighted by Crippen LogP contribution is -1.98. The normalized spacial score (nSPS) is 13.8. The number of allylic oxidation sites excluding steroid dienone is 4. The molecule has 6 aromatic carbocycles. The van der Waals surface area contributed by atoms with Gasteiger partial charge in [0.25, 0.3) is 0 Å². The summed E-state index contributed by atoms with van der Waals surface area (Å²) in [6, 6.07) is 53.3. The largest absolute Gasteiger partial charge is 0.0932 e. The molecule has 210 valence electrons. The van der Waals surface area contributed by atoms with Gasteiger partial charge in [0, 0.05) is 14.7 Å². The van der Waals surface area contributed by atoms with Crippen LogP contribution in [0.3, 0.4) is 0 Å². The molecule has 0 atom stereocenters. The van der Waals surface area contributed by atoms with Gasteiger partial charge in [-0.2, -0.15) is 0 Å². The first-order valence-electron chi connectivity index (χ1n) is 15.1. The van der Waals surface area contributed by atoms with E-state index in [-0.39, 0.29) is 0 Å². The van der Waals surface area contributed by atoms with Crippen LogP contribution in [0.2, 0.25) is 0 Å². The van der Waals surface area contributed by atoms with Crippen molar-refractivity contribution in [1.29, 1.82) is 0 Å². The maximum Gasteiger partial charge on any atom is 0.0207 e. The lowest BCUT2D eigenvalue weighted by molar-refractivity contribution is 1.02. The number of thioether (sulfide) groups is 1. The van der Waals surface area contributed by atoms with Crippen molar-refractivity contribution in [2.75, 3.05) is 0 Å². The molecule has 0 amide bonds. The van der Waals surface area contributed by atoms with Crippen molar-refractivity contribution in [3.63, 3.8) is 0 Å². The zero-order valence-corrected chi connectivity index (χ0v) is 25.9. The van der Waals surface area contributed by atoms with Crippen molar-refractivity contribution in [3.05, 3.63) is 168 Å². The highest BCUT2D eigenvalue weighted by Crippen LogP contribution is 2.50. The molecule has 0 N–H and O–H groups in total. The summed E-state index contributed by atoms with van der Waals surface area (Å²) in [6.07, 6.45) is 6.82. The van der Waals surface area contributed by atoms with Gasteiger partial charge in [-0.1, -0.05) is 157 Å². The molecular weight excluding hydrogens is 569 g/mol.